The number of fused-ring (bicyclic) bond motifs is 1. The fourth-order valence-electron chi connectivity index (χ4n) is 3.27. The van der Waals surface area contributed by atoms with E-state index in [1.807, 2.05) is 19.1 Å². The molecule has 0 spiro atoms. The number of aliphatic hydroxyl groups is 1. The predicted molar refractivity (Wildman–Crippen MR) is 78.2 cm³/mol. The van der Waals surface area contributed by atoms with E-state index in [2.05, 4.69) is 12.1 Å². The summed E-state index contributed by atoms with van der Waals surface area (Å²) in [5, 5.41) is 10.7. The third-order valence-corrected chi connectivity index (χ3v) is 4.36. The van der Waals surface area contributed by atoms with Crippen molar-refractivity contribution in [1.82, 2.24) is 0 Å². The molecule has 0 amide bonds. The molecule has 104 valence electrons. The van der Waals surface area contributed by atoms with Gasteiger partial charge < -0.3 is 5.11 Å². The first-order valence-corrected chi connectivity index (χ1v) is 7.19. The van der Waals surface area contributed by atoms with Crippen LogP contribution in [-0.4, -0.2) is 5.11 Å². The van der Waals surface area contributed by atoms with E-state index in [1.54, 1.807) is 6.07 Å². The summed E-state index contributed by atoms with van der Waals surface area (Å²) in [5.74, 6) is -0.214. The summed E-state index contributed by atoms with van der Waals surface area (Å²) in [6.07, 6.45) is 2.47. The monoisotopic (exact) mass is 270 g/mol. The van der Waals surface area contributed by atoms with Crippen LogP contribution in [0.15, 0.2) is 42.5 Å². The molecule has 0 bridgehead atoms. The average Bonchev–Trinajstić information content (AvgIpc) is 2.48. The largest absolute Gasteiger partial charge is 0.388 e. The van der Waals surface area contributed by atoms with Crippen molar-refractivity contribution < 1.29 is 9.50 Å². The molecule has 2 atom stereocenters. The summed E-state index contributed by atoms with van der Waals surface area (Å²) in [7, 11) is 0. The highest BCUT2D eigenvalue weighted by atomic mass is 19.1. The number of aliphatic hydroxyl groups excluding tert-OH is 1. The van der Waals surface area contributed by atoms with Gasteiger partial charge in [0.2, 0.25) is 0 Å². The smallest absolute Gasteiger partial charge is 0.123 e. The first kappa shape index (κ1) is 13.3. The van der Waals surface area contributed by atoms with Gasteiger partial charge in [-0.2, -0.15) is 0 Å². The number of hydrogen-bond acceptors (Lipinski definition) is 1. The lowest BCUT2D eigenvalue weighted by Crippen LogP contribution is -2.18. The van der Waals surface area contributed by atoms with Crippen LogP contribution in [0.3, 0.4) is 0 Å². The standard InChI is InChI=1S/C18H19FO/c1-12-9-10-14(19)11-17(12)18(20)16-8-4-6-13-5-2-3-7-15(13)16/h2-3,5,7,9-11,16,18,20H,4,6,8H2,1H3. The van der Waals surface area contributed by atoms with E-state index in [0.29, 0.717) is 5.56 Å². The Morgan fingerprint density at radius 1 is 1.20 bits per heavy atom. The van der Waals surface area contributed by atoms with Gasteiger partial charge in [-0.15, -0.1) is 0 Å². The van der Waals surface area contributed by atoms with E-state index in [1.165, 1.54) is 23.3 Å². The van der Waals surface area contributed by atoms with Crippen LogP contribution < -0.4 is 0 Å². The maximum absolute atomic E-state index is 13.5. The van der Waals surface area contributed by atoms with Gasteiger partial charge in [-0.25, -0.2) is 4.39 Å². The minimum Gasteiger partial charge on any atom is -0.388 e. The summed E-state index contributed by atoms with van der Waals surface area (Å²) >= 11 is 0. The molecule has 0 saturated carbocycles. The Labute approximate surface area is 119 Å². The normalized spacial score (nSPS) is 19.4. The Morgan fingerprint density at radius 3 is 2.85 bits per heavy atom. The third kappa shape index (κ3) is 2.36. The Kier molecular flexibility index (Phi) is 3.58. The first-order valence-electron chi connectivity index (χ1n) is 7.19. The quantitative estimate of drug-likeness (QED) is 0.863. The van der Waals surface area contributed by atoms with E-state index in [0.717, 1.165) is 24.8 Å². The van der Waals surface area contributed by atoms with Gasteiger partial charge in [0.05, 0.1) is 6.10 Å². The van der Waals surface area contributed by atoms with Crippen molar-refractivity contribution in [3.63, 3.8) is 0 Å². The second-order valence-electron chi connectivity index (χ2n) is 5.64. The lowest BCUT2D eigenvalue weighted by molar-refractivity contribution is 0.135. The Hall–Kier alpha value is -1.67. The fourth-order valence-corrected chi connectivity index (χ4v) is 3.27. The van der Waals surface area contributed by atoms with Crippen molar-refractivity contribution in [2.75, 3.05) is 0 Å². The van der Waals surface area contributed by atoms with E-state index in [-0.39, 0.29) is 11.7 Å². The summed E-state index contributed by atoms with van der Waals surface area (Å²) in [6.45, 7) is 1.92. The number of halogens is 1. The van der Waals surface area contributed by atoms with Gasteiger partial charge >= 0.3 is 0 Å². The molecule has 0 fully saturated rings. The van der Waals surface area contributed by atoms with Crippen LogP contribution in [0.25, 0.3) is 0 Å². The molecule has 0 aliphatic heterocycles. The van der Waals surface area contributed by atoms with Crippen LogP contribution in [0.2, 0.25) is 0 Å². The molecule has 1 aliphatic carbocycles. The maximum atomic E-state index is 13.5. The summed E-state index contributed by atoms with van der Waals surface area (Å²) < 4.78 is 13.5. The average molecular weight is 270 g/mol. The van der Waals surface area contributed by atoms with E-state index in [9.17, 15) is 9.50 Å². The van der Waals surface area contributed by atoms with Crippen molar-refractivity contribution in [3.8, 4) is 0 Å². The summed E-state index contributed by atoms with van der Waals surface area (Å²) in [5.41, 5.74) is 4.19. The summed E-state index contributed by atoms with van der Waals surface area (Å²) in [4.78, 5) is 0. The molecule has 0 radical (unpaired) electrons. The summed E-state index contributed by atoms with van der Waals surface area (Å²) in [6, 6.07) is 12.9. The Morgan fingerprint density at radius 2 is 2.00 bits per heavy atom. The van der Waals surface area contributed by atoms with Crippen molar-refractivity contribution in [2.24, 2.45) is 0 Å². The predicted octanol–water partition coefficient (Wildman–Crippen LogP) is 4.29. The van der Waals surface area contributed by atoms with E-state index in [4.69, 9.17) is 0 Å². The molecule has 0 aromatic heterocycles. The van der Waals surface area contributed by atoms with E-state index < -0.39 is 6.10 Å². The fraction of sp³-hybridized carbons (Fsp3) is 0.333. The topological polar surface area (TPSA) is 20.2 Å². The zero-order valence-electron chi connectivity index (χ0n) is 11.6. The second kappa shape index (κ2) is 5.37. The number of hydrogen-bond donors (Lipinski definition) is 1. The van der Waals surface area contributed by atoms with Gasteiger partial charge in [-0.05, 0) is 60.6 Å². The van der Waals surface area contributed by atoms with Crippen molar-refractivity contribution >= 4 is 0 Å². The van der Waals surface area contributed by atoms with Crippen molar-refractivity contribution in [2.45, 2.75) is 38.2 Å². The molecular formula is C18H19FO. The van der Waals surface area contributed by atoms with Gasteiger partial charge in [0.25, 0.3) is 0 Å². The first-order chi connectivity index (χ1) is 9.66. The molecule has 3 rings (SSSR count). The molecule has 1 N–H and O–H groups in total. The number of aryl methyl sites for hydroxylation is 2. The number of rotatable bonds is 2. The van der Waals surface area contributed by atoms with Gasteiger partial charge in [0, 0.05) is 5.92 Å². The van der Waals surface area contributed by atoms with Crippen LogP contribution >= 0.6 is 0 Å². The Bertz CT molecular complexity index is 621. The van der Waals surface area contributed by atoms with Crippen molar-refractivity contribution in [3.05, 3.63) is 70.5 Å². The SMILES string of the molecule is Cc1ccc(F)cc1C(O)C1CCCc2ccccc21. The van der Waals surface area contributed by atoms with E-state index >= 15 is 0 Å². The van der Waals surface area contributed by atoms with Crippen LogP contribution in [0, 0.1) is 12.7 Å². The molecule has 1 aliphatic rings. The maximum Gasteiger partial charge on any atom is 0.123 e. The van der Waals surface area contributed by atoms with Crippen LogP contribution in [0.5, 0.6) is 0 Å². The molecule has 2 heteroatoms. The molecule has 2 unspecified atom stereocenters. The highest BCUT2D eigenvalue weighted by Gasteiger charge is 2.28. The van der Waals surface area contributed by atoms with Gasteiger partial charge in [0.1, 0.15) is 5.82 Å². The molecule has 0 heterocycles. The number of benzene rings is 2. The minimum absolute atomic E-state index is 0.0699. The lowest BCUT2D eigenvalue weighted by Gasteiger charge is -2.30. The molecule has 2 aromatic carbocycles. The highest BCUT2D eigenvalue weighted by Crippen LogP contribution is 2.41. The van der Waals surface area contributed by atoms with Gasteiger partial charge in [-0.3, -0.25) is 0 Å². The molecule has 2 aromatic rings. The second-order valence-corrected chi connectivity index (χ2v) is 5.64. The zero-order chi connectivity index (χ0) is 14.1. The molecule has 0 saturated heterocycles. The van der Waals surface area contributed by atoms with Crippen LogP contribution in [-0.2, 0) is 6.42 Å². The van der Waals surface area contributed by atoms with Crippen LogP contribution in [0.1, 0.15) is 47.1 Å². The van der Waals surface area contributed by atoms with Gasteiger partial charge in [0.15, 0.2) is 0 Å². The molecule has 20 heavy (non-hydrogen) atoms. The lowest BCUT2D eigenvalue weighted by atomic mass is 9.77. The molecular weight excluding hydrogens is 251 g/mol. The third-order valence-electron chi connectivity index (χ3n) is 4.36. The Balaban J connectivity index is 1.99. The van der Waals surface area contributed by atoms with Crippen molar-refractivity contribution in [1.29, 1.82) is 0 Å². The van der Waals surface area contributed by atoms with Crippen LogP contribution in [0.4, 0.5) is 4.39 Å². The minimum atomic E-state index is -0.632. The zero-order valence-corrected chi connectivity index (χ0v) is 11.6. The molecule has 1 nitrogen and oxygen atoms in total. The highest BCUT2D eigenvalue weighted by molar-refractivity contribution is 5.37. The van der Waals surface area contributed by atoms with Gasteiger partial charge in [-0.1, -0.05) is 30.3 Å².